The van der Waals surface area contributed by atoms with Gasteiger partial charge in [-0.1, -0.05) is 37.5 Å². The van der Waals surface area contributed by atoms with Crippen LogP contribution in [0.4, 0.5) is 5.69 Å². The number of amides is 1. The van der Waals surface area contributed by atoms with Crippen LogP contribution in [-0.2, 0) is 14.8 Å². The van der Waals surface area contributed by atoms with Gasteiger partial charge in [0.15, 0.2) is 0 Å². The summed E-state index contributed by atoms with van der Waals surface area (Å²) in [6, 6.07) is 6.81. The molecule has 0 heterocycles. The second-order valence-corrected chi connectivity index (χ2v) is 8.94. The highest BCUT2D eigenvalue weighted by atomic mass is 32.2. The molecule has 0 aliphatic heterocycles. The molecule has 0 aromatic heterocycles. The molecular weight excluding hydrogens is 338 g/mol. The molecule has 1 aliphatic rings. The minimum Gasteiger partial charge on any atom is -0.349 e. The first-order chi connectivity index (χ1) is 11.7. The van der Waals surface area contributed by atoms with Gasteiger partial charge in [-0.05, 0) is 43.4 Å². The molecule has 1 aromatic carbocycles. The Labute approximate surface area is 150 Å². The van der Waals surface area contributed by atoms with Crippen molar-refractivity contribution in [2.45, 2.75) is 51.5 Å². The number of hydrogen-bond acceptors (Lipinski definition) is 4. The molecule has 140 valence electrons. The average molecular weight is 368 g/mol. The maximum atomic E-state index is 12.6. The van der Waals surface area contributed by atoms with Gasteiger partial charge < -0.3 is 11.1 Å². The summed E-state index contributed by atoms with van der Waals surface area (Å²) in [5.74, 6) is -0.0333. The molecule has 0 saturated heterocycles. The van der Waals surface area contributed by atoms with Gasteiger partial charge in [0.1, 0.15) is 0 Å². The summed E-state index contributed by atoms with van der Waals surface area (Å²) in [5, 5.41) is 3.00. The standard InChI is InChI=1S/C18H29N3O3S/c1-14(15-8-4-5-9-16(15)21-25(2,23)24)20-17(22)12-18(13-19)10-6-3-7-11-18/h4-5,8-9,14,21H,3,6-7,10-13,19H2,1-2H3,(H,20,22). The van der Waals surface area contributed by atoms with Crippen LogP contribution in [0.3, 0.4) is 0 Å². The number of anilines is 1. The fraction of sp³-hybridized carbons (Fsp3) is 0.611. The van der Waals surface area contributed by atoms with Gasteiger partial charge in [0.2, 0.25) is 15.9 Å². The van der Waals surface area contributed by atoms with Gasteiger partial charge in [0, 0.05) is 6.42 Å². The second kappa shape index (κ2) is 8.19. The van der Waals surface area contributed by atoms with Crippen molar-refractivity contribution >= 4 is 21.6 Å². The summed E-state index contributed by atoms with van der Waals surface area (Å²) in [5.41, 5.74) is 7.11. The third-order valence-electron chi connectivity index (χ3n) is 4.98. The van der Waals surface area contributed by atoms with Crippen LogP contribution < -0.4 is 15.8 Å². The number of nitrogens with two attached hydrogens (primary N) is 1. The van der Waals surface area contributed by atoms with Crippen molar-refractivity contribution in [1.29, 1.82) is 0 Å². The minimum absolute atomic E-state index is 0.0333. The van der Waals surface area contributed by atoms with E-state index in [1.807, 2.05) is 19.1 Å². The number of para-hydroxylation sites is 1. The van der Waals surface area contributed by atoms with Gasteiger partial charge in [-0.25, -0.2) is 8.42 Å². The molecule has 1 aliphatic carbocycles. The SMILES string of the molecule is CC(NC(=O)CC1(CN)CCCCC1)c1ccccc1NS(C)(=O)=O. The van der Waals surface area contributed by atoms with Gasteiger partial charge in [0.05, 0.1) is 18.0 Å². The lowest BCUT2D eigenvalue weighted by Crippen LogP contribution is -2.39. The first-order valence-corrected chi connectivity index (χ1v) is 10.7. The number of hydrogen-bond donors (Lipinski definition) is 3. The molecule has 25 heavy (non-hydrogen) atoms. The Balaban J connectivity index is 2.06. The summed E-state index contributed by atoms with van der Waals surface area (Å²) >= 11 is 0. The molecule has 1 fully saturated rings. The van der Waals surface area contributed by atoms with E-state index in [2.05, 4.69) is 10.0 Å². The van der Waals surface area contributed by atoms with Gasteiger partial charge in [-0.3, -0.25) is 9.52 Å². The maximum absolute atomic E-state index is 12.6. The Kier molecular flexibility index (Phi) is 6.46. The predicted molar refractivity (Wildman–Crippen MR) is 101 cm³/mol. The van der Waals surface area contributed by atoms with Gasteiger partial charge in [0.25, 0.3) is 0 Å². The first-order valence-electron chi connectivity index (χ1n) is 8.81. The number of benzene rings is 1. The van der Waals surface area contributed by atoms with Gasteiger partial charge in [-0.15, -0.1) is 0 Å². The van der Waals surface area contributed by atoms with E-state index < -0.39 is 10.0 Å². The highest BCUT2D eigenvalue weighted by Gasteiger charge is 2.33. The minimum atomic E-state index is -3.38. The van der Waals surface area contributed by atoms with E-state index in [1.54, 1.807) is 12.1 Å². The first kappa shape index (κ1) is 19.7. The highest BCUT2D eigenvalue weighted by molar-refractivity contribution is 7.92. The monoisotopic (exact) mass is 367 g/mol. The van der Waals surface area contributed by atoms with Gasteiger partial charge in [-0.2, -0.15) is 0 Å². The van der Waals surface area contributed by atoms with E-state index in [0.717, 1.165) is 37.5 Å². The van der Waals surface area contributed by atoms with Crippen LogP contribution >= 0.6 is 0 Å². The van der Waals surface area contributed by atoms with Crippen molar-refractivity contribution in [3.05, 3.63) is 29.8 Å². The lowest BCUT2D eigenvalue weighted by Gasteiger charge is -2.36. The Bertz CT molecular complexity index is 697. The van der Waals surface area contributed by atoms with E-state index in [-0.39, 0.29) is 17.4 Å². The molecule has 1 aromatic rings. The number of carbonyl (C=O) groups excluding carboxylic acids is 1. The maximum Gasteiger partial charge on any atom is 0.229 e. The summed E-state index contributed by atoms with van der Waals surface area (Å²) in [6.45, 7) is 2.39. The lowest BCUT2D eigenvalue weighted by atomic mass is 9.71. The summed E-state index contributed by atoms with van der Waals surface area (Å²) in [6.07, 6.45) is 7.00. The van der Waals surface area contributed by atoms with Crippen LogP contribution in [0.1, 0.15) is 57.1 Å². The summed E-state index contributed by atoms with van der Waals surface area (Å²) < 4.78 is 25.6. The number of carbonyl (C=O) groups is 1. The zero-order chi connectivity index (χ0) is 18.5. The van der Waals surface area contributed by atoms with Crippen molar-refractivity contribution in [3.8, 4) is 0 Å². The molecule has 2 rings (SSSR count). The Morgan fingerprint density at radius 2 is 1.88 bits per heavy atom. The molecule has 4 N–H and O–H groups in total. The van der Waals surface area contributed by atoms with Crippen molar-refractivity contribution < 1.29 is 13.2 Å². The van der Waals surface area contributed by atoms with Crippen LogP contribution in [0.25, 0.3) is 0 Å². The van der Waals surface area contributed by atoms with Crippen LogP contribution in [0, 0.1) is 5.41 Å². The van der Waals surface area contributed by atoms with Crippen molar-refractivity contribution in [2.75, 3.05) is 17.5 Å². The fourth-order valence-corrected chi connectivity index (χ4v) is 4.22. The highest BCUT2D eigenvalue weighted by Crippen LogP contribution is 2.38. The van der Waals surface area contributed by atoms with Crippen LogP contribution in [0.2, 0.25) is 0 Å². The molecular formula is C18H29N3O3S. The van der Waals surface area contributed by atoms with Crippen LogP contribution in [0.15, 0.2) is 24.3 Å². The normalized spacial score (nSPS) is 18.4. The Hall–Kier alpha value is -1.60. The molecule has 6 nitrogen and oxygen atoms in total. The fourth-order valence-electron chi connectivity index (χ4n) is 3.63. The quantitative estimate of drug-likeness (QED) is 0.689. The van der Waals surface area contributed by atoms with Crippen molar-refractivity contribution in [3.63, 3.8) is 0 Å². The van der Waals surface area contributed by atoms with Gasteiger partial charge >= 0.3 is 0 Å². The van der Waals surface area contributed by atoms with Crippen molar-refractivity contribution in [1.82, 2.24) is 5.32 Å². The number of sulfonamides is 1. The molecule has 1 saturated carbocycles. The third kappa shape index (κ3) is 5.71. The molecule has 1 unspecified atom stereocenters. The van der Waals surface area contributed by atoms with Crippen molar-refractivity contribution in [2.24, 2.45) is 11.1 Å². The van der Waals surface area contributed by atoms with Crippen LogP contribution in [-0.4, -0.2) is 27.1 Å². The van der Waals surface area contributed by atoms with Crippen LogP contribution in [0.5, 0.6) is 0 Å². The molecule has 1 amide bonds. The van der Waals surface area contributed by atoms with E-state index >= 15 is 0 Å². The van der Waals surface area contributed by atoms with E-state index in [1.165, 1.54) is 6.42 Å². The predicted octanol–water partition coefficient (Wildman–Crippen LogP) is 2.53. The topological polar surface area (TPSA) is 101 Å². The summed E-state index contributed by atoms with van der Waals surface area (Å²) in [7, 11) is -3.38. The molecule has 7 heteroatoms. The lowest BCUT2D eigenvalue weighted by molar-refractivity contribution is -0.124. The average Bonchev–Trinajstić information content (AvgIpc) is 2.54. The molecule has 0 radical (unpaired) electrons. The molecule has 0 spiro atoms. The smallest absolute Gasteiger partial charge is 0.229 e. The zero-order valence-electron chi connectivity index (χ0n) is 15.0. The molecule has 0 bridgehead atoms. The number of nitrogens with one attached hydrogen (secondary N) is 2. The Morgan fingerprint density at radius 3 is 2.48 bits per heavy atom. The van der Waals surface area contributed by atoms with E-state index in [0.29, 0.717) is 18.7 Å². The zero-order valence-corrected chi connectivity index (χ0v) is 15.9. The van der Waals surface area contributed by atoms with E-state index in [4.69, 9.17) is 5.73 Å². The Morgan fingerprint density at radius 1 is 1.24 bits per heavy atom. The largest absolute Gasteiger partial charge is 0.349 e. The molecule has 1 atom stereocenters. The second-order valence-electron chi connectivity index (χ2n) is 7.19. The number of rotatable bonds is 7. The summed E-state index contributed by atoms with van der Waals surface area (Å²) in [4.78, 5) is 12.6. The third-order valence-corrected chi connectivity index (χ3v) is 5.57. The van der Waals surface area contributed by atoms with E-state index in [9.17, 15) is 13.2 Å².